The Balaban J connectivity index is 1.52. The third-order valence-corrected chi connectivity index (χ3v) is 5.64. The van der Waals surface area contributed by atoms with Crippen LogP contribution in [0.25, 0.3) is 0 Å². The highest BCUT2D eigenvalue weighted by Crippen LogP contribution is 2.36. The maximum atomic E-state index is 14.8. The maximum absolute atomic E-state index is 14.8. The van der Waals surface area contributed by atoms with Crippen LogP contribution in [0, 0.1) is 6.92 Å². The predicted octanol–water partition coefficient (Wildman–Crippen LogP) is 5.23. The lowest BCUT2D eigenvalue weighted by Gasteiger charge is -2.21. The van der Waals surface area contributed by atoms with E-state index in [9.17, 15) is 13.6 Å². The largest absolute Gasteiger partial charge is 0.447 e. The molecule has 1 aromatic heterocycles. The van der Waals surface area contributed by atoms with Crippen LogP contribution < -0.4 is 10.2 Å². The number of aryl methyl sites for hydroxylation is 1. The van der Waals surface area contributed by atoms with E-state index in [1.807, 2.05) is 13.8 Å². The van der Waals surface area contributed by atoms with Crippen molar-refractivity contribution >= 4 is 18.0 Å². The van der Waals surface area contributed by atoms with Crippen molar-refractivity contribution in [3.05, 3.63) is 77.1 Å². The van der Waals surface area contributed by atoms with E-state index < -0.39 is 12.0 Å². The Morgan fingerprint density at radius 2 is 1.76 bits per heavy atom. The highest BCUT2D eigenvalue weighted by molar-refractivity contribution is 5.88. The number of nitrogens with zero attached hydrogens (tertiary/aromatic N) is 4. The van der Waals surface area contributed by atoms with Crippen LogP contribution in [0.2, 0.25) is 0 Å². The molecule has 0 unspecified atom stereocenters. The van der Waals surface area contributed by atoms with E-state index in [1.165, 1.54) is 29.2 Å². The molecule has 1 aliphatic heterocycles. The molecule has 3 aromatic rings. The van der Waals surface area contributed by atoms with Crippen LogP contribution in [0.4, 0.5) is 25.5 Å². The molecule has 172 valence electrons. The number of nitrogens with one attached hydrogen (secondary N) is 1. The minimum absolute atomic E-state index is 0.0528. The fourth-order valence-electron chi connectivity index (χ4n) is 3.72. The number of amides is 1. The molecule has 2 aromatic carbocycles. The van der Waals surface area contributed by atoms with Crippen molar-refractivity contribution in [3.63, 3.8) is 0 Å². The third-order valence-electron chi connectivity index (χ3n) is 5.64. The number of cyclic esters (lactones) is 1. The highest BCUT2D eigenvalue weighted by Gasteiger charge is 2.36. The number of hydrogen-bond acceptors (Lipinski definition) is 6. The van der Waals surface area contributed by atoms with Gasteiger partial charge in [0, 0.05) is 11.1 Å². The maximum Gasteiger partial charge on any atom is 0.417 e. The molecule has 2 atom stereocenters. The summed E-state index contributed by atoms with van der Waals surface area (Å²) in [5.41, 5.74) is 0.651. The van der Waals surface area contributed by atoms with E-state index in [0.717, 1.165) is 5.56 Å². The van der Waals surface area contributed by atoms with E-state index >= 15 is 0 Å². The number of aromatic nitrogens is 3. The van der Waals surface area contributed by atoms with Gasteiger partial charge in [-0.2, -0.15) is 23.7 Å². The van der Waals surface area contributed by atoms with Crippen LogP contribution in [-0.4, -0.2) is 33.7 Å². The first-order valence-corrected chi connectivity index (χ1v) is 10.8. The van der Waals surface area contributed by atoms with E-state index in [-0.39, 0.29) is 29.2 Å². The number of rotatable bonds is 7. The Hall–Kier alpha value is -3.62. The summed E-state index contributed by atoms with van der Waals surface area (Å²) in [6, 6.07) is 13.5. The molecule has 1 fully saturated rings. The molecule has 2 heterocycles. The standard InChI is InChI=1S/C24H25F2N5O2/c1-4-20-14-33-23(32)31(20)22-29-16(3)28-21(30-22)27-15(2)17-10-12-19(13-11-17)24(25,26)18-8-6-5-7-9-18/h5-13,15,20H,4,14H2,1-3H3,(H,27,28,29,30)/t15-,20-/m0/s1. The van der Waals surface area contributed by atoms with Crippen molar-refractivity contribution < 1.29 is 18.3 Å². The number of carbonyl (C=O) groups is 1. The minimum Gasteiger partial charge on any atom is -0.447 e. The molecule has 4 rings (SSSR count). The van der Waals surface area contributed by atoms with Gasteiger partial charge in [0.15, 0.2) is 0 Å². The van der Waals surface area contributed by atoms with Crippen molar-refractivity contribution in [1.29, 1.82) is 0 Å². The van der Waals surface area contributed by atoms with Crippen LogP contribution in [0.15, 0.2) is 54.6 Å². The predicted molar refractivity (Wildman–Crippen MR) is 120 cm³/mol. The highest BCUT2D eigenvalue weighted by atomic mass is 19.3. The lowest BCUT2D eigenvalue weighted by atomic mass is 9.98. The van der Waals surface area contributed by atoms with Crippen molar-refractivity contribution in [2.75, 3.05) is 16.8 Å². The number of ether oxygens (including phenoxy) is 1. The molecule has 1 saturated heterocycles. The second-order valence-corrected chi connectivity index (χ2v) is 7.94. The summed E-state index contributed by atoms with van der Waals surface area (Å²) >= 11 is 0. The van der Waals surface area contributed by atoms with Gasteiger partial charge in [0.2, 0.25) is 11.9 Å². The summed E-state index contributed by atoms with van der Waals surface area (Å²) < 4.78 is 34.8. The van der Waals surface area contributed by atoms with Crippen molar-refractivity contribution in [2.24, 2.45) is 0 Å². The van der Waals surface area contributed by atoms with Crippen LogP contribution >= 0.6 is 0 Å². The lowest BCUT2D eigenvalue weighted by molar-refractivity contribution is 0.0428. The Labute approximate surface area is 190 Å². The van der Waals surface area contributed by atoms with Crippen molar-refractivity contribution in [1.82, 2.24) is 15.0 Å². The molecule has 0 spiro atoms. The molecule has 0 bridgehead atoms. The minimum atomic E-state index is -3.09. The third kappa shape index (κ3) is 4.62. The van der Waals surface area contributed by atoms with Crippen LogP contribution in [0.1, 0.15) is 48.8 Å². The average Bonchev–Trinajstić information content (AvgIpc) is 3.19. The summed E-state index contributed by atoms with van der Waals surface area (Å²) in [5, 5.41) is 3.17. The topological polar surface area (TPSA) is 80.2 Å². The molecule has 33 heavy (non-hydrogen) atoms. The number of benzene rings is 2. The molecular weight excluding hydrogens is 428 g/mol. The first kappa shape index (κ1) is 22.6. The zero-order valence-electron chi connectivity index (χ0n) is 18.6. The van der Waals surface area contributed by atoms with Crippen LogP contribution in [0.5, 0.6) is 0 Å². The fourth-order valence-corrected chi connectivity index (χ4v) is 3.72. The quantitative estimate of drug-likeness (QED) is 0.528. The van der Waals surface area contributed by atoms with Gasteiger partial charge in [-0.05, 0) is 25.8 Å². The van der Waals surface area contributed by atoms with E-state index in [0.29, 0.717) is 24.8 Å². The second-order valence-electron chi connectivity index (χ2n) is 7.94. The molecule has 1 N–H and O–H groups in total. The SMILES string of the molecule is CC[C@H]1COC(=O)N1c1nc(C)nc(N[C@@H](C)c2ccc(C(F)(F)c3ccccc3)cc2)n1. The molecule has 0 radical (unpaired) electrons. The summed E-state index contributed by atoms with van der Waals surface area (Å²) in [6.07, 6.45) is 0.219. The Bertz CT molecular complexity index is 1130. The summed E-state index contributed by atoms with van der Waals surface area (Å²) in [6.45, 7) is 5.84. The zero-order valence-corrected chi connectivity index (χ0v) is 18.6. The summed E-state index contributed by atoms with van der Waals surface area (Å²) in [4.78, 5) is 26.6. The van der Waals surface area contributed by atoms with Gasteiger partial charge >= 0.3 is 6.09 Å². The van der Waals surface area contributed by atoms with Gasteiger partial charge < -0.3 is 10.1 Å². The second kappa shape index (κ2) is 9.09. The number of alkyl halides is 2. The van der Waals surface area contributed by atoms with E-state index in [1.54, 1.807) is 37.3 Å². The molecule has 9 heteroatoms. The fraction of sp³-hybridized carbons (Fsp3) is 0.333. The molecule has 0 saturated carbocycles. The van der Waals surface area contributed by atoms with Crippen molar-refractivity contribution in [3.8, 4) is 0 Å². The van der Waals surface area contributed by atoms with Gasteiger partial charge in [0.25, 0.3) is 5.92 Å². The number of anilines is 2. The Morgan fingerprint density at radius 3 is 2.42 bits per heavy atom. The van der Waals surface area contributed by atoms with Gasteiger partial charge in [0.1, 0.15) is 12.4 Å². The number of halogens is 2. The zero-order chi connectivity index (χ0) is 23.6. The van der Waals surface area contributed by atoms with E-state index in [4.69, 9.17) is 4.74 Å². The van der Waals surface area contributed by atoms with Gasteiger partial charge in [-0.15, -0.1) is 0 Å². The molecule has 7 nitrogen and oxygen atoms in total. The summed E-state index contributed by atoms with van der Waals surface area (Å²) in [5.74, 6) is -2.12. The first-order chi connectivity index (χ1) is 15.8. The van der Waals surface area contributed by atoms with Gasteiger partial charge in [-0.1, -0.05) is 61.5 Å². The monoisotopic (exact) mass is 453 g/mol. The summed E-state index contributed by atoms with van der Waals surface area (Å²) in [7, 11) is 0. The Kier molecular flexibility index (Phi) is 6.22. The lowest BCUT2D eigenvalue weighted by Crippen LogP contribution is -2.34. The smallest absolute Gasteiger partial charge is 0.417 e. The number of hydrogen-bond donors (Lipinski definition) is 1. The first-order valence-electron chi connectivity index (χ1n) is 10.8. The molecular formula is C24H25F2N5O2. The van der Waals surface area contributed by atoms with Gasteiger partial charge in [0.05, 0.1) is 12.1 Å². The van der Waals surface area contributed by atoms with Crippen molar-refractivity contribution in [2.45, 2.75) is 45.2 Å². The normalized spacial score (nSPS) is 17.1. The Morgan fingerprint density at radius 1 is 1.09 bits per heavy atom. The van der Waals surface area contributed by atoms with Crippen LogP contribution in [0.3, 0.4) is 0 Å². The average molecular weight is 453 g/mol. The van der Waals surface area contributed by atoms with Gasteiger partial charge in [-0.3, -0.25) is 0 Å². The van der Waals surface area contributed by atoms with Gasteiger partial charge in [-0.25, -0.2) is 9.69 Å². The van der Waals surface area contributed by atoms with E-state index in [2.05, 4.69) is 20.3 Å². The molecule has 1 aliphatic rings. The number of carbonyl (C=O) groups excluding carboxylic acids is 1. The van der Waals surface area contributed by atoms with Crippen LogP contribution in [-0.2, 0) is 10.7 Å². The molecule has 1 amide bonds. The molecule has 0 aliphatic carbocycles.